The molecule has 0 aliphatic carbocycles. The van der Waals surface area contributed by atoms with E-state index in [4.69, 9.17) is 9.57 Å². The van der Waals surface area contributed by atoms with Gasteiger partial charge in [-0.25, -0.2) is 4.39 Å². The number of pyridine rings is 1. The Labute approximate surface area is 188 Å². The lowest BCUT2D eigenvalue weighted by molar-refractivity contribution is 0.0698. The monoisotopic (exact) mass is 448 g/mol. The Hall–Kier alpha value is -4.33. The Balaban J connectivity index is 1.73. The van der Waals surface area contributed by atoms with E-state index in [-0.39, 0.29) is 35.3 Å². The standard InChI is InChI=1S/C25H21FN2O5/c1-32-19-11-12-20-21(13-19)24(30)28(33-15-17-5-3-2-4-6-17)25(31)22(20)23(29)27-14-16-7-9-18(26)10-8-16/h2-13,31H,14-15H2,1H3,(H,27,29). The number of nitrogens with one attached hydrogen (secondary N) is 1. The topological polar surface area (TPSA) is 89.8 Å². The van der Waals surface area contributed by atoms with Crippen LogP contribution in [0.5, 0.6) is 11.6 Å². The van der Waals surface area contributed by atoms with Crippen molar-refractivity contribution in [3.8, 4) is 11.6 Å². The second-order valence-electron chi connectivity index (χ2n) is 7.28. The van der Waals surface area contributed by atoms with Crippen molar-refractivity contribution in [2.45, 2.75) is 13.2 Å². The molecule has 0 spiro atoms. The van der Waals surface area contributed by atoms with Gasteiger partial charge in [-0.05, 0) is 41.5 Å². The Kier molecular flexibility index (Phi) is 6.26. The number of amides is 1. The van der Waals surface area contributed by atoms with Gasteiger partial charge in [0.05, 0.1) is 12.5 Å². The normalized spacial score (nSPS) is 10.7. The van der Waals surface area contributed by atoms with Gasteiger partial charge in [0.2, 0.25) is 5.88 Å². The summed E-state index contributed by atoms with van der Waals surface area (Å²) in [7, 11) is 1.46. The number of benzene rings is 3. The summed E-state index contributed by atoms with van der Waals surface area (Å²) in [5.41, 5.74) is 0.690. The van der Waals surface area contributed by atoms with Gasteiger partial charge < -0.3 is 20.0 Å². The zero-order valence-corrected chi connectivity index (χ0v) is 17.7. The Morgan fingerprint density at radius 3 is 2.42 bits per heavy atom. The van der Waals surface area contributed by atoms with Gasteiger partial charge in [0.25, 0.3) is 11.5 Å². The van der Waals surface area contributed by atoms with E-state index < -0.39 is 17.3 Å². The van der Waals surface area contributed by atoms with Gasteiger partial charge in [0.15, 0.2) is 0 Å². The zero-order chi connectivity index (χ0) is 23.4. The smallest absolute Gasteiger partial charge is 0.294 e. The highest BCUT2D eigenvalue weighted by Crippen LogP contribution is 2.27. The minimum Gasteiger partial charge on any atom is -0.497 e. The summed E-state index contributed by atoms with van der Waals surface area (Å²) in [6.07, 6.45) is 0. The van der Waals surface area contributed by atoms with Crippen LogP contribution in [0.3, 0.4) is 0 Å². The SMILES string of the molecule is COc1ccc2c(C(=O)NCc3ccc(F)cc3)c(O)n(OCc3ccccc3)c(=O)c2c1. The minimum absolute atomic E-state index is 0.000417. The Bertz CT molecular complexity index is 1350. The molecule has 7 nitrogen and oxygen atoms in total. The van der Waals surface area contributed by atoms with Crippen molar-refractivity contribution < 1.29 is 23.9 Å². The van der Waals surface area contributed by atoms with Crippen molar-refractivity contribution in [2.75, 3.05) is 7.11 Å². The first-order valence-electron chi connectivity index (χ1n) is 10.1. The summed E-state index contributed by atoms with van der Waals surface area (Å²) in [6.45, 7) is 0.0978. The van der Waals surface area contributed by atoms with Crippen LogP contribution in [0.4, 0.5) is 4.39 Å². The summed E-state index contributed by atoms with van der Waals surface area (Å²) in [5.74, 6) is -1.21. The number of aromatic hydroxyl groups is 1. The van der Waals surface area contributed by atoms with Crippen molar-refractivity contribution in [3.63, 3.8) is 0 Å². The van der Waals surface area contributed by atoms with Crippen molar-refractivity contribution in [1.29, 1.82) is 0 Å². The van der Waals surface area contributed by atoms with Crippen LogP contribution in [-0.4, -0.2) is 22.9 Å². The van der Waals surface area contributed by atoms with Crippen molar-refractivity contribution in [3.05, 3.63) is 106 Å². The number of carbonyl (C=O) groups is 1. The van der Waals surface area contributed by atoms with Crippen LogP contribution in [0, 0.1) is 5.82 Å². The van der Waals surface area contributed by atoms with Gasteiger partial charge in [0.1, 0.15) is 23.7 Å². The lowest BCUT2D eigenvalue weighted by Gasteiger charge is -2.16. The molecule has 1 aromatic heterocycles. The maximum Gasteiger partial charge on any atom is 0.294 e. The highest BCUT2D eigenvalue weighted by molar-refractivity contribution is 6.08. The molecule has 1 amide bonds. The number of nitrogens with zero attached hydrogens (tertiary/aromatic N) is 1. The molecule has 33 heavy (non-hydrogen) atoms. The van der Waals surface area contributed by atoms with Crippen LogP contribution in [0.2, 0.25) is 0 Å². The first kappa shape index (κ1) is 21.9. The minimum atomic E-state index is -0.632. The molecule has 0 radical (unpaired) electrons. The van der Waals surface area contributed by atoms with E-state index in [2.05, 4.69) is 5.32 Å². The number of methoxy groups -OCH3 is 1. The van der Waals surface area contributed by atoms with Crippen LogP contribution in [0.25, 0.3) is 10.8 Å². The quantitative estimate of drug-likeness (QED) is 0.452. The second-order valence-corrected chi connectivity index (χ2v) is 7.28. The van der Waals surface area contributed by atoms with Gasteiger partial charge in [-0.3, -0.25) is 9.59 Å². The van der Waals surface area contributed by atoms with Gasteiger partial charge in [0, 0.05) is 11.9 Å². The van der Waals surface area contributed by atoms with Crippen LogP contribution >= 0.6 is 0 Å². The maximum atomic E-state index is 13.1. The second kappa shape index (κ2) is 9.44. The van der Waals surface area contributed by atoms with Crippen LogP contribution < -0.4 is 20.5 Å². The number of hydrogen-bond acceptors (Lipinski definition) is 5. The lowest BCUT2D eigenvalue weighted by atomic mass is 10.1. The fourth-order valence-electron chi connectivity index (χ4n) is 3.40. The molecule has 8 heteroatoms. The van der Waals surface area contributed by atoms with Crippen LogP contribution in [0.1, 0.15) is 21.5 Å². The number of rotatable bonds is 7. The van der Waals surface area contributed by atoms with E-state index in [9.17, 15) is 19.1 Å². The third-order valence-electron chi connectivity index (χ3n) is 5.12. The van der Waals surface area contributed by atoms with E-state index >= 15 is 0 Å². The van der Waals surface area contributed by atoms with E-state index in [1.54, 1.807) is 18.2 Å². The molecule has 0 atom stereocenters. The number of hydrogen-bond donors (Lipinski definition) is 2. The van der Waals surface area contributed by atoms with Gasteiger partial charge in [-0.1, -0.05) is 42.5 Å². The Morgan fingerprint density at radius 1 is 1.00 bits per heavy atom. The molecule has 0 fully saturated rings. The summed E-state index contributed by atoms with van der Waals surface area (Å²) in [6, 6.07) is 19.4. The molecule has 0 saturated carbocycles. The average molecular weight is 448 g/mol. The molecule has 3 aromatic carbocycles. The summed E-state index contributed by atoms with van der Waals surface area (Å²) < 4.78 is 19.1. The fraction of sp³-hybridized carbons (Fsp3) is 0.120. The van der Waals surface area contributed by atoms with Crippen molar-refractivity contribution in [1.82, 2.24) is 10.0 Å². The average Bonchev–Trinajstić information content (AvgIpc) is 2.84. The van der Waals surface area contributed by atoms with Crippen LogP contribution in [0.15, 0.2) is 77.6 Å². The Morgan fingerprint density at radius 2 is 1.73 bits per heavy atom. The number of fused-ring (bicyclic) bond motifs is 1. The first-order chi connectivity index (χ1) is 16.0. The number of ether oxygens (including phenoxy) is 1. The van der Waals surface area contributed by atoms with Crippen molar-refractivity contribution in [2.24, 2.45) is 0 Å². The van der Waals surface area contributed by atoms with Crippen LogP contribution in [-0.2, 0) is 13.2 Å². The molecule has 4 rings (SSSR count). The molecule has 0 saturated heterocycles. The molecule has 0 bridgehead atoms. The maximum absolute atomic E-state index is 13.1. The highest BCUT2D eigenvalue weighted by Gasteiger charge is 2.23. The van der Waals surface area contributed by atoms with Gasteiger partial charge in [-0.15, -0.1) is 4.73 Å². The van der Waals surface area contributed by atoms with E-state index in [1.165, 1.54) is 31.4 Å². The largest absolute Gasteiger partial charge is 0.497 e. The summed E-state index contributed by atoms with van der Waals surface area (Å²) in [4.78, 5) is 31.7. The third kappa shape index (κ3) is 4.64. The van der Waals surface area contributed by atoms with Crippen molar-refractivity contribution >= 4 is 16.7 Å². The number of carbonyl (C=O) groups excluding carboxylic acids is 1. The molecule has 1 heterocycles. The van der Waals surface area contributed by atoms with Gasteiger partial charge >= 0.3 is 0 Å². The zero-order valence-electron chi connectivity index (χ0n) is 17.7. The summed E-state index contributed by atoms with van der Waals surface area (Å²) >= 11 is 0. The predicted octanol–water partition coefficient (Wildman–Crippen LogP) is 3.41. The fourth-order valence-corrected chi connectivity index (χ4v) is 3.40. The molecule has 0 aliphatic heterocycles. The molecule has 2 N–H and O–H groups in total. The first-order valence-corrected chi connectivity index (χ1v) is 10.1. The number of aromatic nitrogens is 1. The lowest BCUT2D eigenvalue weighted by Crippen LogP contribution is -2.31. The molecular formula is C25H21FN2O5. The highest BCUT2D eigenvalue weighted by atomic mass is 19.1. The third-order valence-corrected chi connectivity index (χ3v) is 5.12. The van der Waals surface area contributed by atoms with E-state index in [0.717, 1.165) is 5.56 Å². The molecule has 4 aromatic rings. The molecular weight excluding hydrogens is 427 g/mol. The molecule has 168 valence electrons. The number of halogens is 1. The predicted molar refractivity (Wildman–Crippen MR) is 121 cm³/mol. The van der Waals surface area contributed by atoms with Gasteiger partial charge in [-0.2, -0.15) is 0 Å². The molecule has 0 unspecified atom stereocenters. The molecule has 0 aliphatic rings. The van der Waals surface area contributed by atoms with E-state index in [1.807, 2.05) is 30.3 Å². The summed E-state index contributed by atoms with van der Waals surface area (Å²) in [5, 5.41) is 14.0. The van der Waals surface area contributed by atoms with E-state index in [0.29, 0.717) is 16.0 Å².